The van der Waals surface area contributed by atoms with Crippen LogP contribution >= 0.6 is 0 Å². The van der Waals surface area contributed by atoms with E-state index in [1.165, 1.54) is 0 Å². The molecule has 0 aliphatic heterocycles. The van der Waals surface area contributed by atoms with Crippen LogP contribution in [-0.2, 0) is 4.79 Å². The average molecular weight is 251 g/mol. The summed E-state index contributed by atoms with van der Waals surface area (Å²) < 4.78 is 5.48. The van der Waals surface area contributed by atoms with Crippen LogP contribution in [-0.4, -0.2) is 30.3 Å². The van der Waals surface area contributed by atoms with Crippen molar-refractivity contribution >= 4 is 5.91 Å². The van der Waals surface area contributed by atoms with Gasteiger partial charge in [0.1, 0.15) is 5.75 Å². The Bertz CT molecular complexity index is 400. The van der Waals surface area contributed by atoms with Gasteiger partial charge in [0.25, 0.3) is 5.91 Å². The molecular weight excluding hydrogens is 230 g/mol. The van der Waals surface area contributed by atoms with E-state index >= 15 is 0 Å². The second kappa shape index (κ2) is 7.01. The van der Waals surface area contributed by atoms with Crippen LogP contribution in [0.2, 0.25) is 0 Å². The number of benzene rings is 1. The van der Waals surface area contributed by atoms with E-state index in [9.17, 15) is 4.79 Å². The minimum absolute atomic E-state index is 0.0270. The summed E-state index contributed by atoms with van der Waals surface area (Å²) in [4.78, 5) is 11.6. The van der Waals surface area contributed by atoms with Crippen LogP contribution in [0.1, 0.15) is 24.5 Å². The summed E-state index contributed by atoms with van der Waals surface area (Å²) in [6.07, 6.45) is 0.700. The molecule has 0 aliphatic rings. The summed E-state index contributed by atoms with van der Waals surface area (Å²) in [5.74, 6) is 0.513. The van der Waals surface area contributed by atoms with Crippen molar-refractivity contribution in [1.29, 1.82) is 0 Å². The summed E-state index contributed by atoms with van der Waals surface area (Å²) >= 11 is 0. The van der Waals surface area contributed by atoms with E-state index in [-0.39, 0.29) is 25.2 Å². The van der Waals surface area contributed by atoms with Gasteiger partial charge < -0.3 is 15.2 Å². The fourth-order valence-electron chi connectivity index (χ4n) is 1.55. The number of rotatable bonds is 6. The van der Waals surface area contributed by atoms with Gasteiger partial charge in [-0.05, 0) is 37.5 Å². The zero-order valence-corrected chi connectivity index (χ0v) is 11.2. The third kappa shape index (κ3) is 4.37. The van der Waals surface area contributed by atoms with E-state index in [4.69, 9.17) is 9.84 Å². The Morgan fingerprint density at radius 2 is 2.17 bits per heavy atom. The van der Waals surface area contributed by atoms with Crippen LogP contribution in [0.15, 0.2) is 18.2 Å². The number of ether oxygens (including phenoxy) is 1. The first kappa shape index (κ1) is 14.5. The number of amides is 1. The average Bonchev–Trinajstić information content (AvgIpc) is 2.37. The van der Waals surface area contributed by atoms with Gasteiger partial charge in [-0.2, -0.15) is 0 Å². The minimum atomic E-state index is -0.211. The fourth-order valence-corrected chi connectivity index (χ4v) is 1.55. The fraction of sp³-hybridized carbons (Fsp3) is 0.500. The number of aryl methyl sites for hydroxylation is 2. The summed E-state index contributed by atoms with van der Waals surface area (Å²) in [7, 11) is 0. The highest BCUT2D eigenvalue weighted by Gasteiger charge is 2.10. The van der Waals surface area contributed by atoms with Crippen LogP contribution in [0, 0.1) is 13.8 Å². The van der Waals surface area contributed by atoms with E-state index in [1.54, 1.807) is 0 Å². The maximum Gasteiger partial charge on any atom is 0.258 e. The van der Waals surface area contributed by atoms with Crippen molar-refractivity contribution in [2.24, 2.45) is 0 Å². The van der Waals surface area contributed by atoms with Gasteiger partial charge in [0.2, 0.25) is 0 Å². The highest BCUT2D eigenvalue weighted by Crippen LogP contribution is 2.18. The van der Waals surface area contributed by atoms with E-state index in [2.05, 4.69) is 5.32 Å². The van der Waals surface area contributed by atoms with Crippen molar-refractivity contribution in [1.82, 2.24) is 5.32 Å². The van der Waals surface area contributed by atoms with Crippen LogP contribution in [0.3, 0.4) is 0 Å². The molecule has 100 valence electrons. The third-order valence-corrected chi connectivity index (χ3v) is 2.78. The van der Waals surface area contributed by atoms with Crippen molar-refractivity contribution < 1.29 is 14.6 Å². The Balaban J connectivity index is 2.49. The Morgan fingerprint density at radius 1 is 1.44 bits per heavy atom. The molecule has 1 aromatic rings. The molecule has 1 amide bonds. The third-order valence-electron chi connectivity index (χ3n) is 2.78. The Hall–Kier alpha value is -1.55. The lowest BCUT2D eigenvalue weighted by Crippen LogP contribution is -2.39. The molecular formula is C14H21NO3. The first-order valence-electron chi connectivity index (χ1n) is 6.17. The molecule has 0 unspecified atom stereocenters. The lowest BCUT2D eigenvalue weighted by atomic mass is 10.1. The maximum absolute atomic E-state index is 11.6. The van der Waals surface area contributed by atoms with E-state index in [0.29, 0.717) is 6.42 Å². The molecule has 1 aromatic carbocycles. The van der Waals surface area contributed by atoms with Gasteiger partial charge >= 0.3 is 0 Å². The van der Waals surface area contributed by atoms with Gasteiger partial charge in [-0.15, -0.1) is 0 Å². The number of aliphatic hydroxyl groups is 1. The molecule has 2 N–H and O–H groups in total. The highest BCUT2D eigenvalue weighted by molar-refractivity contribution is 5.77. The number of carbonyl (C=O) groups is 1. The Kier molecular flexibility index (Phi) is 5.65. The number of nitrogens with one attached hydrogen (secondary N) is 1. The molecule has 0 saturated carbocycles. The maximum atomic E-state index is 11.6. The largest absolute Gasteiger partial charge is 0.483 e. The molecule has 4 heteroatoms. The van der Waals surface area contributed by atoms with Crippen molar-refractivity contribution in [2.75, 3.05) is 13.2 Å². The predicted octanol–water partition coefficient (Wildman–Crippen LogP) is 1.57. The zero-order chi connectivity index (χ0) is 13.5. The summed E-state index contributed by atoms with van der Waals surface area (Å²) in [5.41, 5.74) is 2.10. The van der Waals surface area contributed by atoms with E-state index in [0.717, 1.165) is 16.9 Å². The molecule has 1 atom stereocenters. The van der Waals surface area contributed by atoms with Gasteiger partial charge in [-0.25, -0.2) is 0 Å². The first-order chi connectivity index (χ1) is 8.56. The molecule has 0 aromatic heterocycles. The molecule has 4 nitrogen and oxygen atoms in total. The molecule has 0 spiro atoms. The summed E-state index contributed by atoms with van der Waals surface area (Å²) in [6, 6.07) is 5.68. The van der Waals surface area contributed by atoms with Crippen molar-refractivity contribution in [2.45, 2.75) is 33.2 Å². The van der Waals surface area contributed by atoms with Crippen LogP contribution in [0.5, 0.6) is 5.75 Å². The van der Waals surface area contributed by atoms with Crippen LogP contribution < -0.4 is 10.1 Å². The number of hydrogen-bond donors (Lipinski definition) is 2. The second-order valence-electron chi connectivity index (χ2n) is 4.41. The van der Waals surface area contributed by atoms with Crippen LogP contribution in [0.25, 0.3) is 0 Å². The van der Waals surface area contributed by atoms with Gasteiger partial charge in [-0.3, -0.25) is 4.79 Å². The molecule has 0 saturated heterocycles. The molecule has 0 aliphatic carbocycles. The minimum Gasteiger partial charge on any atom is -0.483 e. The lowest BCUT2D eigenvalue weighted by Gasteiger charge is -2.15. The van der Waals surface area contributed by atoms with Crippen molar-refractivity contribution in [3.05, 3.63) is 29.3 Å². The number of aliphatic hydroxyl groups excluding tert-OH is 1. The molecule has 0 heterocycles. The summed E-state index contributed by atoms with van der Waals surface area (Å²) in [5, 5.41) is 11.7. The topological polar surface area (TPSA) is 58.6 Å². The second-order valence-corrected chi connectivity index (χ2v) is 4.41. The SMILES string of the molecule is CC[C@H](CO)NC(=O)COc1cc(C)ccc1C. The van der Waals surface area contributed by atoms with Gasteiger partial charge in [0.15, 0.2) is 6.61 Å². The Labute approximate surface area is 108 Å². The zero-order valence-electron chi connectivity index (χ0n) is 11.2. The molecule has 18 heavy (non-hydrogen) atoms. The Morgan fingerprint density at radius 3 is 2.78 bits per heavy atom. The first-order valence-corrected chi connectivity index (χ1v) is 6.17. The quantitative estimate of drug-likeness (QED) is 0.807. The molecule has 1 rings (SSSR count). The van der Waals surface area contributed by atoms with Crippen LogP contribution in [0.4, 0.5) is 0 Å². The lowest BCUT2D eigenvalue weighted by molar-refractivity contribution is -0.124. The van der Waals surface area contributed by atoms with Gasteiger partial charge in [0.05, 0.1) is 12.6 Å². The highest BCUT2D eigenvalue weighted by atomic mass is 16.5. The van der Waals surface area contributed by atoms with Gasteiger partial charge in [0, 0.05) is 0 Å². The smallest absolute Gasteiger partial charge is 0.258 e. The normalized spacial score (nSPS) is 12.0. The molecule has 0 radical (unpaired) electrons. The monoisotopic (exact) mass is 251 g/mol. The van der Waals surface area contributed by atoms with Gasteiger partial charge in [-0.1, -0.05) is 19.1 Å². The summed E-state index contributed by atoms with van der Waals surface area (Å²) in [6.45, 7) is 5.75. The number of carbonyl (C=O) groups excluding carboxylic acids is 1. The van der Waals surface area contributed by atoms with Crippen molar-refractivity contribution in [3.8, 4) is 5.75 Å². The van der Waals surface area contributed by atoms with E-state index in [1.807, 2.05) is 39.0 Å². The molecule has 0 fully saturated rings. The number of hydrogen-bond acceptors (Lipinski definition) is 3. The standard InChI is InChI=1S/C14H21NO3/c1-4-12(8-16)15-14(17)9-18-13-7-10(2)5-6-11(13)3/h5-7,12,16H,4,8-9H2,1-3H3,(H,15,17)/t12-/m1/s1. The predicted molar refractivity (Wildman–Crippen MR) is 70.7 cm³/mol. The molecule has 0 bridgehead atoms. The van der Waals surface area contributed by atoms with E-state index < -0.39 is 0 Å². The van der Waals surface area contributed by atoms with Crippen molar-refractivity contribution in [3.63, 3.8) is 0 Å².